The van der Waals surface area contributed by atoms with Crippen LogP contribution in [0.4, 0.5) is 0 Å². The lowest BCUT2D eigenvalue weighted by atomic mass is 9.71. The Morgan fingerprint density at radius 2 is 1.43 bits per heavy atom. The van der Waals surface area contributed by atoms with E-state index in [9.17, 15) is 0 Å². The Hall–Kier alpha value is -5.61. The first-order valence-electron chi connectivity index (χ1n) is 21.9. The first-order valence-corrected chi connectivity index (χ1v) is 21.9. The van der Waals surface area contributed by atoms with Crippen molar-refractivity contribution in [3.63, 3.8) is 0 Å². The number of aliphatic imine (C=N–C) groups is 3. The Balaban J connectivity index is 0.929. The van der Waals surface area contributed by atoms with Gasteiger partial charge in [-0.25, -0.2) is 9.98 Å². The summed E-state index contributed by atoms with van der Waals surface area (Å²) in [6, 6.07) is 18.4. The Morgan fingerprint density at radius 1 is 0.603 bits per heavy atom. The largest absolute Gasteiger partial charge is 0.344 e. The Morgan fingerprint density at radius 3 is 2.24 bits per heavy atom. The summed E-state index contributed by atoms with van der Waals surface area (Å²) in [6.45, 7) is 0. The van der Waals surface area contributed by atoms with Crippen LogP contribution in [0.3, 0.4) is 0 Å². The minimum atomic E-state index is -0.242. The standard InChI is InChI=1S/C54H54N4/c1-4-13-37(14-5-1)40-23-28-43(29-24-40)52-56-53(44-30-25-41(26-31-44)38-15-6-2-7-16-38)58-54(57-52)48-22-12-21-47(36-48)50-34-33-49(51(55-50)42-18-8-3-9-19-42)46-32-27-39-17-10-11-20-45(39)35-46/h1-6,8-10,12-13,17-18,21-31,33-35,37-38,42,46-47,49,51-52H,7,11,14-16,19-20,32,36H2,(H,56,57,58). The summed E-state index contributed by atoms with van der Waals surface area (Å²) < 4.78 is 0. The van der Waals surface area contributed by atoms with Gasteiger partial charge in [-0.3, -0.25) is 4.99 Å². The quantitative estimate of drug-likeness (QED) is 0.268. The summed E-state index contributed by atoms with van der Waals surface area (Å²) in [4.78, 5) is 16.3. The average molecular weight is 759 g/mol. The zero-order valence-electron chi connectivity index (χ0n) is 33.4. The van der Waals surface area contributed by atoms with E-state index in [1.165, 1.54) is 34.4 Å². The molecule has 4 heteroatoms. The van der Waals surface area contributed by atoms with Crippen molar-refractivity contribution in [2.24, 2.45) is 38.6 Å². The Kier molecular flexibility index (Phi) is 10.6. The van der Waals surface area contributed by atoms with Crippen LogP contribution in [0.5, 0.6) is 0 Å². The highest BCUT2D eigenvalue weighted by atomic mass is 15.2. The molecule has 10 rings (SSSR count). The van der Waals surface area contributed by atoms with E-state index in [-0.39, 0.29) is 18.1 Å². The molecule has 0 saturated carbocycles. The van der Waals surface area contributed by atoms with E-state index in [2.05, 4.69) is 169 Å². The molecule has 0 aromatic heterocycles. The lowest BCUT2D eigenvalue weighted by Crippen LogP contribution is -2.36. The van der Waals surface area contributed by atoms with Crippen molar-refractivity contribution >= 4 is 17.4 Å². The van der Waals surface area contributed by atoms with Gasteiger partial charge < -0.3 is 5.32 Å². The first kappa shape index (κ1) is 36.7. The van der Waals surface area contributed by atoms with Crippen molar-refractivity contribution in [2.45, 2.75) is 81.8 Å². The maximum atomic E-state index is 5.69. The van der Waals surface area contributed by atoms with Crippen molar-refractivity contribution < 1.29 is 0 Å². The van der Waals surface area contributed by atoms with Crippen molar-refractivity contribution in [3.8, 4) is 0 Å². The molecule has 0 saturated heterocycles. The lowest BCUT2D eigenvalue weighted by Gasteiger charge is -2.37. The van der Waals surface area contributed by atoms with E-state index in [1.807, 2.05) is 0 Å². The fourth-order valence-corrected chi connectivity index (χ4v) is 10.1. The minimum Gasteiger partial charge on any atom is -0.344 e. The highest BCUT2D eigenvalue weighted by molar-refractivity contribution is 6.13. The van der Waals surface area contributed by atoms with E-state index in [1.54, 1.807) is 0 Å². The second-order valence-electron chi connectivity index (χ2n) is 17.2. The molecule has 0 bridgehead atoms. The van der Waals surface area contributed by atoms with E-state index >= 15 is 0 Å². The summed E-state index contributed by atoms with van der Waals surface area (Å²) >= 11 is 0. The van der Waals surface area contributed by atoms with Gasteiger partial charge in [0.05, 0.1) is 6.04 Å². The van der Waals surface area contributed by atoms with Crippen LogP contribution in [-0.2, 0) is 0 Å². The van der Waals surface area contributed by atoms with Crippen molar-refractivity contribution in [2.75, 3.05) is 0 Å². The van der Waals surface area contributed by atoms with Gasteiger partial charge in [-0.15, -0.1) is 0 Å². The predicted octanol–water partition coefficient (Wildman–Crippen LogP) is 12.4. The monoisotopic (exact) mass is 758 g/mol. The van der Waals surface area contributed by atoms with Gasteiger partial charge in [0.25, 0.3) is 0 Å². The molecule has 58 heavy (non-hydrogen) atoms. The SMILES string of the molecule is C1=CCC(c2ccc(C3N=C(C4=CC=CC(C5=NC(C6C=CC=CC6)C(C6C=C7CCC=CC7=CC6)C=C5)C4)N=C(c4ccc(C5CC=CCC5)cc4)N3)cc2)C=C1. The molecule has 2 aromatic carbocycles. The van der Waals surface area contributed by atoms with Crippen LogP contribution in [0.15, 0.2) is 196 Å². The molecular formula is C54H54N4. The third kappa shape index (κ3) is 7.82. The highest BCUT2D eigenvalue weighted by Crippen LogP contribution is 2.41. The molecule has 8 unspecified atom stereocenters. The fourth-order valence-electron chi connectivity index (χ4n) is 10.1. The second-order valence-corrected chi connectivity index (χ2v) is 17.2. The van der Waals surface area contributed by atoms with E-state index in [4.69, 9.17) is 15.0 Å². The fraction of sp³-hybridized carbons (Fsp3) is 0.315. The van der Waals surface area contributed by atoms with Crippen LogP contribution in [0.1, 0.15) is 98.0 Å². The molecule has 290 valence electrons. The molecule has 2 aromatic rings. The number of nitrogens with zero attached hydrogens (tertiary/aromatic N) is 3. The van der Waals surface area contributed by atoms with Gasteiger partial charge in [0, 0.05) is 34.9 Å². The molecule has 1 N–H and O–H groups in total. The number of hydrogen-bond donors (Lipinski definition) is 1. The summed E-state index contributed by atoms with van der Waals surface area (Å²) in [5.41, 5.74) is 10.3. The number of benzene rings is 2. The molecule has 8 atom stereocenters. The smallest absolute Gasteiger partial charge is 0.155 e. The highest BCUT2D eigenvalue weighted by Gasteiger charge is 2.36. The number of dihydropyridines is 1. The van der Waals surface area contributed by atoms with Crippen LogP contribution >= 0.6 is 0 Å². The number of rotatable bonds is 8. The molecule has 2 heterocycles. The van der Waals surface area contributed by atoms with Crippen molar-refractivity contribution in [1.82, 2.24) is 5.32 Å². The van der Waals surface area contributed by atoms with Gasteiger partial charge in [-0.2, -0.15) is 0 Å². The van der Waals surface area contributed by atoms with Crippen LogP contribution in [0, 0.1) is 23.7 Å². The molecule has 4 nitrogen and oxygen atoms in total. The molecule has 6 aliphatic carbocycles. The first-order chi connectivity index (χ1) is 28.7. The topological polar surface area (TPSA) is 49.1 Å². The third-order valence-electron chi connectivity index (χ3n) is 13.5. The maximum Gasteiger partial charge on any atom is 0.155 e. The molecule has 0 fully saturated rings. The van der Waals surface area contributed by atoms with E-state index in [0.29, 0.717) is 29.6 Å². The summed E-state index contributed by atoms with van der Waals surface area (Å²) in [7, 11) is 0. The average Bonchev–Trinajstić information content (AvgIpc) is 3.32. The lowest BCUT2D eigenvalue weighted by molar-refractivity contribution is 0.330. The zero-order valence-corrected chi connectivity index (χ0v) is 33.4. The van der Waals surface area contributed by atoms with Gasteiger partial charge in [0.15, 0.2) is 5.84 Å². The Bertz CT molecular complexity index is 2330. The van der Waals surface area contributed by atoms with Gasteiger partial charge in [-0.1, -0.05) is 158 Å². The summed E-state index contributed by atoms with van der Waals surface area (Å²) in [5.74, 6) is 4.11. The van der Waals surface area contributed by atoms with Gasteiger partial charge >= 0.3 is 0 Å². The number of hydrogen-bond acceptors (Lipinski definition) is 4. The molecule has 0 amide bonds. The van der Waals surface area contributed by atoms with Crippen LogP contribution in [0.2, 0.25) is 0 Å². The number of allylic oxidation sites excluding steroid dienone is 19. The van der Waals surface area contributed by atoms with E-state index < -0.39 is 0 Å². The summed E-state index contributed by atoms with van der Waals surface area (Å²) in [5, 5.41) is 3.74. The normalized spacial score (nSPS) is 31.0. The number of fused-ring (bicyclic) bond motifs is 1. The van der Waals surface area contributed by atoms with Gasteiger partial charge in [0.2, 0.25) is 0 Å². The van der Waals surface area contributed by atoms with Gasteiger partial charge in [-0.05, 0) is 109 Å². The molecule has 0 spiro atoms. The predicted molar refractivity (Wildman–Crippen MR) is 242 cm³/mol. The zero-order chi connectivity index (χ0) is 38.7. The Labute approximate surface area is 344 Å². The summed E-state index contributed by atoms with van der Waals surface area (Å²) in [6.07, 6.45) is 53.5. The van der Waals surface area contributed by atoms with Crippen LogP contribution in [0.25, 0.3) is 0 Å². The van der Waals surface area contributed by atoms with Crippen molar-refractivity contribution in [1.29, 1.82) is 0 Å². The molecule has 2 aliphatic heterocycles. The molecule has 8 aliphatic rings. The number of nitrogens with one attached hydrogen (secondary N) is 1. The van der Waals surface area contributed by atoms with Gasteiger partial charge in [0.1, 0.15) is 12.0 Å². The minimum absolute atomic E-state index is 0.165. The number of amidine groups is 2. The second kappa shape index (κ2) is 16.7. The van der Waals surface area contributed by atoms with Crippen LogP contribution < -0.4 is 5.32 Å². The maximum absolute atomic E-state index is 5.69. The van der Waals surface area contributed by atoms with Crippen molar-refractivity contribution in [3.05, 3.63) is 203 Å². The molecule has 0 radical (unpaired) electrons. The van der Waals surface area contributed by atoms with E-state index in [0.717, 1.165) is 79.7 Å². The molecular weight excluding hydrogens is 705 g/mol. The van der Waals surface area contributed by atoms with Crippen LogP contribution in [-0.4, -0.2) is 23.4 Å². The third-order valence-corrected chi connectivity index (χ3v) is 13.5.